The summed E-state index contributed by atoms with van der Waals surface area (Å²) in [7, 11) is 0. The Balaban J connectivity index is 1.70. The van der Waals surface area contributed by atoms with E-state index in [1.165, 1.54) is 28.2 Å². The van der Waals surface area contributed by atoms with E-state index in [0.717, 1.165) is 4.88 Å². The number of hydrogen-bond acceptors (Lipinski definition) is 5. The molecule has 4 aromatic rings. The average molecular weight is 389 g/mol. The molecule has 0 unspecified atom stereocenters. The third kappa shape index (κ3) is 3.51. The van der Waals surface area contributed by atoms with E-state index in [2.05, 4.69) is 15.4 Å². The SMILES string of the molecule is N#Cc1ccc(NC(=O)c2nc(-c3cccs3)n(-c3cccc(F)c3)n2)cc1. The Labute approximate surface area is 163 Å². The molecule has 2 aromatic heterocycles. The molecule has 2 aromatic carbocycles. The minimum absolute atomic E-state index is 0.0444. The van der Waals surface area contributed by atoms with Crippen LogP contribution < -0.4 is 5.32 Å². The Morgan fingerprint density at radius 2 is 1.96 bits per heavy atom. The van der Waals surface area contributed by atoms with Gasteiger partial charge in [0, 0.05) is 5.69 Å². The van der Waals surface area contributed by atoms with E-state index in [0.29, 0.717) is 22.8 Å². The predicted octanol–water partition coefficient (Wildman–Crippen LogP) is 4.26. The number of nitriles is 1. The van der Waals surface area contributed by atoms with Crippen molar-refractivity contribution in [2.45, 2.75) is 0 Å². The van der Waals surface area contributed by atoms with Gasteiger partial charge in [-0.15, -0.1) is 16.4 Å². The van der Waals surface area contributed by atoms with Crippen LogP contribution in [0.1, 0.15) is 16.2 Å². The molecule has 1 amide bonds. The van der Waals surface area contributed by atoms with E-state index >= 15 is 0 Å². The van der Waals surface area contributed by atoms with E-state index in [1.807, 2.05) is 23.6 Å². The lowest BCUT2D eigenvalue weighted by Gasteiger charge is -2.04. The Kier molecular flexibility index (Phi) is 4.66. The van der Waals surface area contributed by atoms with E-state index in [9.17, 15) is 9.18 Å². The molecule has 0 aliphatic carbocycles. The van der Waals surface area contributed by atoms with Crippen LogP contribution in [0.5, 0.6) is 0 Å². The summed E-state index contributed by atoms with van der Waals surface area (Å²) < 4.78 is 15.1. The van der Waals surface area contributed by atoms with Crippen LogP contribution in [0.4, 0.5) is 10.1 Å². The highest BCUT2D eigenvalue weighted by Gasteiger charge is 2.19. The number of amides is 1. The summed E-state index contributed by atoms with van der Waals surface area (Å²) in [5.41, 5.74) is 1.48. The van der Waals surface area contributed by atoms with Crippen LogP contribution in [-0.4, -0.2) is 20.7 Å². The molecule has 6 nitrogen and oxygen atoms in total. The van der Waals surface area contributed by atoms with Gasteiger partial charge in [-0.2, -0.15) is 5.26 Å². The molecule has 0 saturated heterocycles. The normalized spacial score (nSPS) is 10.4. The van der Waals surface area contributed by atoms with E-state index in [-0.39, 0.29) is 5.82 Å². The topological polar surface area (TPSA) is 83.6 Å². The molecule has 4 rings (SSSR count). The number of aromatic nitrogens is 3. The second-order valence-electron chi connectivity index (χ2n) is 5.77. The van der Waals surface area contributed by atoms with Crippen LogP contribution in [0.3, 0.4) is 0 Å². The van der Waals surface area contributed by atoms with Gasteiger partial charge in [0.15, 0.2) is 5.82 Å². The maximum absolute atomic E-state index is 13.7. The van der Waals surface area contributed by atoms with Crippen LogP contribution in [0.2, 0.25) is 0 Å². The number of benzene rings is 2. The number of halogens is 1. The first-order chi connectivity index (χ1) is 13.6. The molecule has 0 aliphatic rings. The Morgan fingerprint density at radius 3 is 2.64 bits per heavy atom. The molecule has 0 bridgehead atoms. The summed E-state index contributed by atoms with van der Waals surface area (Å²) in [6, 6.07) is 18.1. The van der Waals surface area contributed by atoms with Crippen molar-refractivity contribution in [3.8, 4) is 22.5 Å². The molecule has 0 spiro atoms. The van der Waals surface area contributed by atoms with Crippen LogP contribution in [-0.2, 0) is 0 Å². The maximum atomic E-state index is 13.7. The minimum Gasteiger partial charge on any atom is -0.319 e. The molecule has 8 heteroatoms. The van der Waals surface area contributed by atoms with Gasteiger partial charge in [-0.1, -0.05) is 12.1 Å². The fourth-order valence-corrected chi connectivity index (χ4v) is 3.27. The number of anilines is 1. The molecular weight excluding hydrogens is 377 g/mol. The van der Waals surface area contributed by atoms with E-state index in [1.54, 1.807) is 36.4 Å². The highest BCUT2D eigenvalue weighted by atomic mass is 32.1. The number of carbonyl (C=O) groups excluding carboxylic acids is 1. The highest BCUT2D eigenvalue weighted by molar-refractivity contribution is 7.13. The number of nitrogens with zero attached hydrogens (tertiary/aromatic N) is 4. The molecule has 2 heterocycles. The lowest BCUT2D eigenvalue weighted by molar-refractivity contribution is 0.101. The summed E-state index contributed by atoms with van der Waals surface area (Å²) in [4.78, 5) is 17.8. The Bertz CT molecular complexity index is 1180. The van der Waals surface area contributed by atoms with Gasteiger partial charge in [-0.05, 0) is 53.9 Å². The van der Waals surface area contributed by atoms with Gasteiger partial charge in [-0.3, -0.25) is 4.79 Å². The molecule has 0 saturated carbocycles. The molecule has 28 heavy (non-hydrogen) atoms. The standard InChI is InChI=1S/C20H12FN5OS/c21-14-3-1-4-16(11-14)26-19(17-5-2-10-28-17)24-18(25-26)20(27)23-15-8-6-13(12-22)7-9-15/h1-11H,(H,23,27). The van der Waals surface area contributed by atoms with Crippen molar-refractivity contribution in [1.82, 2.24) is 14.8 Å². The number of carbonyl (C=O) groups is 1. The van der Waals surface area contributed by atoms with Gasteiger partial charge >= 0.3 is 0 Å². The fourth-order valence-electron chi connectivity index (χ4n) is 2.58. The van der Waals surface area contributed by atoms with Gasteiger partial charge in [-0.25, -0.2) is 14.1 Å². The predicted molar refractivity (Wildman–Crippen MR) is 104 cm³/mol. The minimum atomic E-state index is -0.502. The van der Waals surface area contributed by atoms with Gasteiger partial charge in [0.05, 0.1) is 22.2 Å². The summed E-state index contributed by atoms with van der Waals surface area (Å²) >= 11 is 1.44. The monoisotopic (exact) mass is 389 g/mol. The quantitative estimate of drug-likeness (QED) is 0.565. The van der Waals surface area contributed by atoms with Crippen LogP contribution in [0.15, 0.2) is 66.0 Å². The molecular formula is C20H12FN5OS. The van der Waals surface area contributed by atoms with Crippen molar-refractivity contribution in [3.63, 3.8) is 0 Å². The molecule has 0 radical (unpaired) electrons. The molecule has 1 N–H and O–H groups in total. The Morgan fingerprint density at radius 1 is 1.14 bits per heavy atom. The average Bonchev–Trinajstić information content (AvgIpc) is 3.38. The van der Waals surface area contributed by atoms with Crippen LogP contribution >= 0.6 is 11.3 Å². The summed E-state index contributed by atoms with van der Waals surface area (Å²) in [5.74, 6) is -0.506. The number of nitrogens with one attached hydrogen (secondary N) is 1. The first kappa shape index (κ1) is 17.6. The maximum Gasteiger partial charge on any atom is 0.295 e. The first-order valence-electron chi connectivity index (χ1n) is 8.22. The van der Waals surface area contributed by atoms with Crippen molar-refractivity contribution < 1.29 is 9.18 Å². The highest BCUT2D eigenvalue weighted by Crippen LogP contribution is 2.26. The van der Waals surface area contributed by atoms with Crippen molar-refractivity contribution in [1.29, 1.82) is 5.26 Å². The van der Waals surface area contributed by atoms with Gasteiger partial charge in [0.25, 0.3) is 5.91 Å². The summed E-state index contributed by atoms with van der Waals surface area (Å²) in [6.45, 7) is 0. The van der Waals surface area contributed by atoms with Gasteiger partial charge in [0.1, 0.15) is 5.82 Å². The van der Waals surface area contributed by atoms with Crippen molar-refractivity contribution in [2.24, 2.45) is 0 Å². The molecule has 0 aliphatic heterocycles. The first-order valence-corrected chi connectivity index (χ1v) is 9.10. The summed E-state index contributed by atoms with van der Waals surface area (Å²) in [6.07, 6.45) is 0. The van der Waals surface area contributed by atoms with Crippen molar-refractivity contribution in [2.75, 3.05) is 5.32 Å². The zero-order valence-corrected chi connectivity index (χ0v) is 15.2. The third-order valence-electron chi connectivity index (χ3n) is 3.88. The summed E-state index contributed by atoms with van der Waals surface area (Å²) in [5, 5.41) is 17.7. The zero-order valence-electron chi connectivity index (χ0n) is 14.3. The van der Waals surface area contributed by atoms with Gasteiger partial charge in [0.2, 0.25) is 5.82 Å². The van der Waals surface area contributed by atoms with Gasteiger partial charge < -0.3 is 5.32 Å². The van der Waals surface area contributed by atoms with Crippen LogP contribution in [0.25, 0.3) is 16.4 Å². The second-order valence-corrected chi connectivity index (χ2v) is 6.72. The largest absolute Gasteiger partial charge is 0.319 e. The number of thiophene rings is 1. The molecule has 136 valence electrons. The van der Waals surface area contributed by atoms with E-state index < -0.39 is 11.7 Å². The molecule has 0 fully saturated rings. The lowest BCUT2D eigenvalue weighted by Crippen LogP contribution is -2.14. The van der Waals surface area contributed by atoms with Crippen LogP contribution in [0, 0.1) is 17.1 Å². The lowest BCUT2D eigenvalue weighted by atomic mass is 10.2. The molecule has 0 atom stereocenters. The number of rotatable bonds is 4. The second kappa shape index (κ2) is 7.42. The third-order valence-corrected chi connectivity index (χ3v) is 4.74. The Hall–Kier alpha value is -3.83. The van der Waals surface area contributed by atoms with Crippen molar-refractivity contribution in [3.05, 3.63) is 83.2 Å². The number of hydrogen-bond donors (Lipinski definition) is 1. The zero-order chi connectivity index (χ0) is 19.5. The fraction of sp³-hybridized carbons (Fsp3) is 0. The smallest absolute Gasteiger partial charge is 0.295 e. The van der Waals surface area contributed by atoms with E-state index in [4.69, 9.17) is 5.26 Å². The van der Waals surface area contributed by atoms with Crippen molar-refractivity contribution >= 4 is 22.9 Å².